The molecule has 0 saturated heterocycles. The quantitative estimate of drug-likeness (QED) is 0.854. The van der Waals surface area contributed by atoms with E-state index >= 15 is 0 Å². The van der Waals surface area contributed by atoms with Crippen molar-refractivity contribution in [3.8, 4) is 5.75 Å². The Morgan fingerprint density at radius 2 is 1.81 bits per heavy atom. The van der Waals surface area contributed by atoms with Gasteiger partial charge < -0.3 is 15.6 Å². The zero-order valence-electron chi connectivity index (χ0n) is 12.0. The average Bonchev–Trinajstić information content (AvgIpc) is 2.53. The molecule has 110 valence electrons. The molecule has 0 fully saturated rings. The van der Waals surface area contributed by atoms with Gasteiger partial charge in [-0.2, -0.15) is 0 Å². The van der Waals surface area contributed by atoms with Crippen LogP contribution in [0.1, 0.15) is 24.5 Å². The lowest BCUT2D eigenvalue weighted by Gasteiger charge is -2.26. The van der Waals surface area contributed by atoms with E-state index in [1.807, 2.05) is 13.0 Å². The molecule has 0 spiro atoms. The summed E-state index contributed by atoms with van der Waals surface area (Å²) in [6.07, 6.45) is 0.878. The minimum absolute atomic E-state index is 0.398. The third kappa shape index (κ3) is 3.06. The molecule has 2 aromatic carbocycles. The maximum atomic E-state index is 11.9. The molecule has 4 heteroatoms. The summed E-state index contributed by atoms with van der Waals surface area (Å²) >= 11 is 0. The van der Waals surface area contributed by atoms with Crippen LogP contribution in [-0.4, -0.2) is 17.6 Å². The SMILES string of the molecule is CCCOc1cccc(C(O)(C(N)=O)c2ccccc2)c1. The summed E-state index contributed by atoms with van der Waals surface area (Å²) in [5.41, 5.74) is 4.42. The number of hydrogen-bond acceptors (Lipinski definition) is 3. The first-order valence-corrected chi connectivity index (χ1v) is 6.90. The number of benzene rings is 2. The minimum atomic E-state index is -1.87. The third-order valence-electron chi connectivity index (χ3n) is 3.27. The second-order valence-electron chi connectivity index (χ2n) is 4.82. The molecule has 1 amide bonds. The largest absolute Gasteiger partial charge is 0.494 e. The highest BCUT2D eigenvalue weighted by molar-refractivity contribution is 5.88. The first kappa shape index (κ1) is 15.1. The van der Waals surface area contributed by atoms with Gasteiger partial charge in [0, 0.05) is 5.56 Å². The van der Waals surface area contributed by atoms with Gasteiger partial charge in [0.05, 0.1) is 6.61 Å². The van der Waals surface area contributed by atoms with Crippen molar-refractivity contribution in [2.75, 3.05) is 6.61 Å². The molecule has 0 heterocycles. The Kier molecular flexibility index (Phi) is 4.60. The van der Waals surface area contributed by atoms with Gasteiger partial charge in [-0.15, -0.1) is 0 Å². The molecule has 0 aliphatic carbocycles. The van der Waals surface area contributed by atoms with E-state index in [0.717, 1.165) is 6.42 Å². The van der Waals surface area contributed by atoms with Crippen molar-refractivity contribution in [3.63, 3.8) is 0 Å². The van der Waals surface area contributed by atoms with E-state index in [-0.39, 0.29) is 0 Å². The average molecular weight is 285 g/mol. The van der Waals surface area contributed by atoms with Crippen LogP contribution in [0.15, 0.2) is 54.6 Å². The number of aliphatic hydroxyl groups is 1. The van der Waals surface area contributed by atoms with Crippen LogP contribution >= 0.6 is 0 Å². The molecule has 3 N–H and O–H groups in total. The van der Waals surface area contributed by atoms with Crippen LogP contribution in [0.5, 0.6) is 5.75 Å². The zero-order chi connectivity index (χ0) is 15.3. The number of primary amides is 1. The minimum Gasteiger partial charge on any atom is -0.494 e. The fraction of sp³-hybridized carbons (Fsp3) is 0.235. The Labute approximate surface area is 124 Å². The molecule has 1 unspecified atom stereocenters. The van der Waals surface area contributed by atoms with Gasteiger partial charge in [-0.1, -0.05) is 49.4 Å². The lowest BCUT2D eigenvalue weighted by molar-refractivity contribution is -0.133. The van der Waals surface area contributed by atoms with Gasteiger partial charge in [0.15, 0.2) is 5.60 Å². The van der Waals surface area contributed by atoms with Crippen LogP contribution in [0, 0.1) is 0 Å². The van der Waals surface area contributed by atoms with Gasteiger partial charge in [-0.05, 0) is 24.1 Å². The Morgan fingerprint density at radius 1 is 1.14 bits per heavy atom. The number of nitrogens with two attached hydrogens (primary N) is 1. The van der Waals surface area contributed by atoms with E-state index in [9.17, 15) is 9.90 Å². The Morgan fingerprint density at radius 3 is 2.43 bits per heavy atom. The van der Waals surface area contributed by atoms with Crippen LogP contribution in [0.4, 0.5) is 0 Å². The second kappa shape index (κ2) is 6.41. The maximum Gasteiger partial charge on any atom is 0.258 e. The van der Waals surface area contributed by atoms with Crippen molar-refractivity contribution in [3.05, 3.63) is 65.7 Å². The lowest BCUT2D eigenvalue weighted by Crippen LogP contribution is -2.42. The zero-order valence-corrected chi connectivity index (χ0v) is 12.0. The molecule has 21 heavy (non-hydrogen) atoms. The predicted octanol–water partition coefficient (Wildman–Crippen LogP) is 2.20. The smallest absolute Gasteiger partial charge is 0.258 e. The highest BCUT2D eigenvalue weighted by Crippen LogP contribution is 2.31. The summed E-state index contributed by atoms with van der Waals surface area (Å²) in [4.78, 5) is 11.9. The molecule has 0 bridgehead atoms. The summed E-state index contributed by atoms with van der Waals surface area (Å²) in [5, 5.41) is 10.9. The van der Waals surface area contributed by atoms with Crippen molar-refractivity contribution in [1.29, 1.82) is 0 Å². The van der Waals surface area contributed by atoms with Crippen molar-refractivity contribution in [2.45, 2.75) is 18.9 Å². The van der Waals surface area contributed by atoms with Crippen LogP contribution in [0.3, 0.4) is 0 Å². The van der Waals surface area contributed by atoms with Gasteiger partial charge in [0.1, 0.15) is 5.75 Å². The van der Waals surface area contributed by atoms with Crippen LogP contribution in [0.2, 0.25) is 0 Å². The van der Waals surface area contributed by atoms with Crippen molar-refractivity contribution in [1.82, 2.24) is 0 Å². The third-order valence-corrected chi connectivity index (χ3v) is 3.27. The molecule has 0 aliphatic heterocycles. The Balaban J connectivity index is 2.46. The molecule has 2 rings (SSSR count). The van der Waals surface area contributed by atoms with Gasteiger partial charge in [0.2, 0.25) is 0 Å². The summed E-state index contributed by atoms with van der Waals surface area (Å²) in [6, 6.07) is 15.5. The molecule has 2 aromatic rings. The van der Waals surface area contributed by atoms with E-state index < -0.39 is 11.5 Å². The molecule has 1 atom stereocenters. The van der Waals surface area contributed by atoms with E-state index in [0.29, 0.717) is 23.5 Å². The lowest BCUT2D eigenvalue weighted by atomic mass is 9.85. The first-order chi connectivity index (χ1) is 10.1. The van der Waals surface area contributed by atoms with E-state index in [1.54, 1.807) is 48.5 Å². The summed E-state index contributed by atoms with van der Waals surface area (Å²) in [6.45, 7) is 2.58. The predicted molar refractivity (Wildman–Crippen MR) is 80.9 cm³/mol. The molecule has 0 radical (unpaired) electrons. The summed E-state index contributed by atoms with van der Waals surface area (Å²) in [5.74, 6) is -0.216. The summed E-state index contributed by atoms with van der Waals surface area (Å²) < 4.78 is 5.54. The fourth-order valence-electron chi connectivity index (χ4n) is 2.16. The van der Waals surface area contributed by atoms with Gasteiger partial charge in [0.25, 0.3) is 5.91 Å². The second-order valence-corrected chi connectivity index (χ2v) is 4.82. The monoisotopic (exact) mass is 285 g/mol. The number of ether oxygens (including phenoxy) is 1. The van der Waals surface area contributed by atoms with Gasteiger partial charge in [-0.25, -0.2) is 0 Å². The van der Waals surface area contributed by atoms with E-state index in [4.69, 9.17) is 10.5 Å². The molecule has 0 aromatic heterocycles. The maximum absolute atomic E-state index is 11.9. The topological polar surface area (TPSA) is 72.6 Å². The Hall–Kier alpha value is -2.33. The van der Waals surface area contributed by atoms with Crippen molar-refractivity contribution in [2.24, 2.45) is 5.73 Å². The van der Waals surface area contributed by atoms with Crippen molar-refractivity contribution >= 4 is 5.91 Å². The standard InChI is InChI=1S/C17H19NO3/c1-2-11-21-15-10-6-9-14(12-15)17(20,16(18)19)13-7-4-3-5-8-13/h3-10,12,20H,2,11H2,1H3,(H2,18,19). The first-order valence-electron chi connectivity index (χ1n) is 6.90. The molecule has 0 saturated carbocycles. The highest BCUT2D eigenvalue weighted by atomic mass is 16.5. The van der Waals surface area contributed by atoms with Crippen LogP contribution < -0.4 is 10.5 Å². The number of rotatable bonds is 6. The van der Waals surface area contributed by atoms with Crippen LogP contribution in [-0.2, 0) is 10.4 Å². The number of amides is 1. The molecular weight excluding hydrogens is 266 g/mol. The van der Waals surface area contributed by atoms with Crippen LogP contribution in [0.25, 0.3) is 0 Å². The normalized spacial score (nSPS) is 13.4. The summed E-state index contributed by atoms with van der Waals surface area (Å²) in [7, 11) is 0. The van der Waals surface area contributed by atoms with E-state index in [1.165, 1.54) is 0 Å². The van der Waals surface area contributed by atoms with E-state index in [2.05, 4.69) is 0 Å². The molecular formula is C17H19NO3. The highest BCUT2D eigenvalue weighted by Gasteiger charge is 2.38. The van der Waals surface area contributed by atoms with Gasteiger partial charge >= 0.3 is 0 Å². The fourth-order valence-corrected chi connectivity index (χ4v) is 2.16. The molecule has 0 aliphatic rings. The number of hydrogen-bond donors (Lipinski definition) is 2. The van der Waals surface area contributed by atoms with Crippen molar-refractivity contribution < 1.29 is 14.6 Å². The molecule has 4 nitrogen and oxygen atoms in total. The number of carbonyl (C=O) groups excluding carboxylic acids is 1. The number of carbonyl (C=O) groups is 1. The van der Waals surface area contributed by atoms with Gasteiger partial charge in [-0.3, -0.25) is 4.79 Å². The Bertz CT molecular complexity index is 612.